The summed E-state index contributed by atoms with van der Waals surface area (Å²) in [5.41, 5.74) is 0.419. The summed E-state index contributed by atoms with van der Waals surface area (Å²) in [6, 6.07) is 0.676. The fourth-order valence-electron chi connectivity index (χ4n) is 3.91. The first-order valence-electron chi connectivity index (χ1n) is 8.73. The van der Waals surface area contributed by atoms with Crippen molar-refractivity contribution in [1.82, 2.24) is 10.2 Å². The minimum Gasteiger partial charge on any atom is -0.382 e. The molecule has 0 aromatic carbocycles. The Bertz CT molecular complexity index is 291. The molecule has 1 spiro atoms. The van der Waals surface area contributed by atoms with Gasteiger partial charge in [-0.05, 0) is 25.2 Å². The number of rotatable bonds is 8. The molecular weight excluding hydrogens is 264 g/mol. The summed E-state index contributed by atoms with van der Waals surface area (Å²) in [5, 5.41) is 3.88. The molecule has 2 rings (SSSR count). The fraction of sp³-hybridized carbons (Fsp3) is 1.00. The first-order chi connectivity index (χ1) is 10.2. The second-order valence-corrected chi connectivity index (χ2v) is 7.11. The number of ether oxygens (including phenoxy) is 2. The van der Waals surface area contributed by atoms with Gasteiger partial charge in [0.25, 0.3) is 0 Å². The van der Waals surface area contributed by atoms with Crippen LogP contribution >= 0.6 is 0 Å². The van der Waals surface area contributed by atoms with Gasteiger partial charge in [-0.2, -0.15) is 0 Å². The van der Waals surface area contributed by atoms with Gasteiger partial charge in [-0.3, -0.25) is 4.90 Å². The van der Waals surface area contributed by atoms with Gasteiger partial charge in [0.15, 0.2) is 0 Å². The average Bonchev–Trinajstić information content (AvgIpc) is 2.90. The lowest BCUT2D eigenvalue weighted by Gasteiger charge is -2.48. The molecule has 21 heavy (non-hydrogen) atoms. The van der Waals surface area contributed by atoms with E-state index >= 15 is 0 Å². The normalized spacial score (nSPS) is 26.0. The van der Waals surface area contributed by atoms with Crippen LogP contribution in [0, 0.1) is 5.92 Å². The van der Waals surface area contributed by atoms with Crippen molar-refractivity contribution in [3.8, 4) is 0 Å². The number of nitrogens with one attached hydrogen (secondary N) is 1. The first kappa shape index (κ1) is 17.2. The third-order valence-electron chi connectivity index (χ3n) is 5.16. The van der Waals surface area contributed by atoms with Crippen LogP contribution in [0.3, 0.4) is 0 Å². The number of hydrogen-bond donors (Lipinski definition) is 1. The summed E-state index contributed by atoms with van der Waals surface area (Å²) in [4.78, 5) is 2.73. The van der Waals surface area contributed by atoms with Crippen molar-refractivity contribution in [2.45, 2.75) is 57.5 Å². The summed E-state index contributed by atoms with van der Waals surface area (Å²) in [6.45, 7) is 10.5. The van der Waals surface area contributed by atoms with Gasteiger partial charge in [-0.25, -0.2) is 0 Å². The van der Waals surface area contributed by atoms with E-state index in [1.807, 2.05) is 0 Å². The van der Waals surface area contributed by atoms with Crippen molar-refractivity contribution in [2.24, 2.45) is 5.92 Å². The highest BCUT2D eigenvalue weighted by Gasteiger charge is 2.41. The molecule has 1 aliphatic carbocycles. The van der Waals surface area contributed by atoms with E-state index < -0.39 is 0 Å². The molecule has 1 heterocycles. The molecule has 0 radical (unpaired) electrons. The lowest BCUT2D eigenvalue weighted by Crippen LogP contribution is -2.64. The van der Waals surface area contributed by atoms with E-state index in [1.165, 1.54) is 38.8 Å². The highest BCUT2D eigenvalue weighted by atomic mass is 16.5. The van der Waals surface area contributed by atoms with E-state index in [0.717, 1.165) is 26.2 Å². The SMILES string of the molecule is COCCOCCCN1CC2(CCCC2)NCC1C(C)C. The minimum absolute atomic E-state index is 0.419. The van der Waals surface area contributed by atoms with E-state index in [0.29, 0.717) is 24.1 Å². The van der Waals surface area contributed by atoms with Gasteiger partial charge >= 0.3 is 0 Å². The second kappa shape index (κ2) is 8.47. The average molecular weight is 298 g/mol. The van der Waals surface area contributed by atoms with E-state index in [1.54, 1.807) is 7.11 Å². The highest BCUT2D eigenvalue weighted by molar-refractivity contribution is 5.01. The molecule has 1 saturated heterocycles. The zero-order valence-corrected chi connectivity index (χ0v) is 14.2. The lowest BCUT2D eigenvalue weighted by atomic mass is 9.89. The second-order valence-electron chi connectivity index (χ2n) is 7.11. The van der Waals surface area contributed by atoms with Crippen molar-refractivity contribution >= 4 is 0 Å². The fourth-order valence-corrected chi connectivity index (χ4v) is 3.91. The number of piperazine rings is 1. The van der Waals surface area contributed by atoms with E-state index in [-0.39, 0.29) is 0 Å². The van der Waals surface area contributed by atoms with Gasteiger partial charge in [0.05, 0.1) is 13.2 Å². The Kier molecular flexibility index (Phi) is 6.93. The molecule has 4 heteroatoms. The van der Waals surface area contributed by atoms with Crippen molar-refractivity contribution < 1.29 is 9.47 Å². The summed E-state index contributed by atoms with van der Waals surface area (Å²) in [6.07, 6.45) is 6.64. The third kappa shape index (κ3) is 4.92. The van der Waals surface area contributed by atoms with Gasteiger partial charge in [0.1, 0.15) is 0 Å². The van der Waals surface area contributed by atoms with Crippen molar-refractivity contribution in [3.05, 3.63) is 0 Å². The predicted molar refractivity (Wildman–Crippen MR) is 86.7 cm³/mol. The van der Waals surface area contributed by atoms with Crippen LogP contribution < -0.4 is 5.32 Å². The monoisotopic (exact) mass is 298 g/mol. The quantitative estimate of drug-likeness (QED) is 0.697. The Labute approximate surface area is 130 Å². The summed E-state index contributed by atoms with van der Waals surface area (Å²) >= 11 is 0. The standard InChI is InChI=1S/C17H34N2O2/c1-15(2)16-13-18-17(7-4-5-8-17)14-19(16)9-6-10-21-12-11-20-3/h15-16,18H,4-14H2,1-3H3. The van der Waals surface area contributed by atoms with Crippen molar-refractivity contribution in [2.75, 3.05) is 46.6 Å². The third-order valence-corrected chi connectivity index (χ3v) is 5.16. The Hall–Kier alpha value is -0.160. The molecule has 1 atom stereocenters. The number of methoxy groups -OCH3 is 1. The van der Waals surface area contributed by atoms with Crippen LogP contribution in [-0.4, -0.2) is 63.0 Å². The summed E-state index contributed by atoms with van der Waals surface area (Å²) in [5.74, 6) is 0.714. The summed E-state index contributed by atoms with van der Waals surface area (Å²) < 4.78 is 10.6. The Morgan fingerprint density at radius 2 is 1.95 bits per heavy atom. The first-order valence-corrected chi connectivity index (χ1v) is 8.73. The molecule has 1 unspecified atom stereocenters. The molecular formula is C17H34N2O2. The smallest absolute Gasteiger partial charge is 0.0700 e. The maximum atomic E-state index is 5.61. The Morgan fingerprint density at radius 1 is 1.19 bits per heavy atom. The molecule has 0 amide bonds. The molecule has 1 aliphatic heterocycles. The largest absolute Gasteiger partial charge is 0.382 e. The van der Waals surface area contributed by atoms with Crippen LogP contribution in [0.5, 0.6) is 0 Å². The Morgan fingerprint density at radius 3 is 2.62 bits per heavy atom. The molecule has 1 N–H and O–H groups in total. The Balaban J connectivity index is 1.77. The highest BCUT2D eigenvalue weighted by Crippen LogP contribution is 2.34. The van der Waals surface area contributed by atoms with Crippen LogP contribution in [-0.2, 0) is 9.47 Å². The van der Waals surface area contributed by atoms with Gasteiger partial charge in [0, 0.05) is 44.9 Å². The van der Waals surface area contributed by atoms with Crippen molar-refractivity contribution in [1.29, 1.82) is 0 Å². The molecule has 1 saturated carbocycles. The molecule has 0 bridgehead atoms. The van der Waals surface area contributed by atoms with Gasteiger partial charge in [-0.1, -0.05) is 26.7 Å². The maximum Gasteiger partial charge on any atom is 0.0700 e. The van der Waals surface area contributed by atoms with Crippen LogP contribution in [0.4, 0.5) is 0 Å². The molecule has 2 fully saturated rings. The molecule has 124 valence electrons. The summed E-state index contributed by atoms with van der Waals surface area (Å²) in [7, 11) is 1.72. The van der Waals surface area contributed by atoms with Crippen LogP contribution in [0.1, 0.15) is 46.0 Å². The minimum atomic E-state index is 0.419. The molecule has 0 aromatic heterocycles. The molecule has 0 aromatic rings. The molecule has 2 aliphatic rings. The van der Waals surface area contributed by atoms with Crippen molar-refractivity contribution in [3.63, 3.8) is 0 Å². The predicted octanol–water partition coefficient (Wildman–Crippen LogP) is 2.28. The lowest BCUT2D eigenvalue weighted by molar-refractivity contribution is 0.0360. The topological polar surface area (TPSA) is 33.7 Å². The maximum absolute atomic E-state index is 5.61. The van der Waals surface area contributed by atoms with Crippen LogP contribution in [0.15, 0.2) is 0 Å². The van der Waals surface area contributed by atoms with E-state index in [9.17, 15) is 0 Å². The van der Waals surface area contributed by atoms with Gasteiger partial charge < -0.3 is 14.8 Å². The van der Waals surface area contributed by atoms with Crippen LogP contribution in [0.25, 0.3) is 0 Å². The van der Waals surface area contributed by atoms with E-state index in [2.05, 4.69) is 24.1 Å². The van der Waals surface area contributed by atoms with Crippen LogP contribution in [0.2, 0.25) is 0 Å². The van der Waals surface area contributed by atoms with E-state index in [4.69, 9.17) is 9.47 Å². The van der Waals surface area contributed by atoms with Gasteiger partial charge in [-0.15, -0.1) is 0 Å². The van der Waals surface area contributed by atoms with Gasteiger partial charge in [0.2, 0.25) is 0 Å². The zero-order chi connectivity index (χ0) is 15.1. The molecule has 4 nitrogen and oxygen atoms in total. The zero-order valence-electron chi connectivity index (χ0n) is 14.2. The number of nitrogens with zero attached hydrogens (tertiary/aromatic N) is 1. The number of hydrogen-bond acceptors (Lipinski definition) is 4.